The molecule has 3 aliphatic rings. The van der Waals surface area contributed by atoms with Crippen LogP contribution in [0.5, 0.6) is 11.5 Å². The summed E-state index contributed by atoms with van der Waals surface area (Å²) in [5.41, 5.74) is 16.5. The van der Waals surface area contributed by atoms with Gasteiger partial charge >= 0.3 is 0 Å². The molecular formula is C58H36O. The fourth-order valence-corrected chi connectivity index (χ4v) is 11.2. The van der Waals surface area contributed by atoms with Crippen LogP contribution in [0, 0.1) is 0 Å². The third kappa shape index (κ3) is 4.24. The van der Waals surface area contributed by atoms with Crippen LogP contribution in [0.1, 0.15) is 44.5 Å². The Hall–Kier alpha value is -7.48. The molecule has 59 heavy (non-hydrogen) atoms. The van der Waals surface area contributed by atoms with Crippen LogP contribution < -0.4 is 4.74 Å². The molecule has 1 heterocycles. The van der Waals surface area contributed by atoms with E-state index in [4.69, 9.17) is 4.74 Å². The van der Waals surface area contributed by atoms with Gasteiger partial charge in [0.25, 0.3) is 0 Å². The molecule has 0 bridgehead atoms. The van der Waals surface area contributed by atoms with Gasteiger partial charge in [0.15, 0.2) is 0 Å². The number of benzene rings is 10. The highest BCUT2D eigenvalue weighted by Gasteiger charge is 2.52. The highest BCUT2D eigenvalue weighted by atomic mass is 16.5. The highest BCUT2D eigenvalue weighted by molar-refractivity contribution is 5.98. The molecule has 0 saturated heterocycles. The van der Waals surface area contributed by atoms with E-state index >= 15 is 0 Å². The maximum atomic E-state index is 7.10. The second-order valence-electron chi connectivity index (χ2n) is 16.3. The number of rotatable bonds is 3. The van der Waals surface area contributed by atoms with Crippen molar-refractivity contribution in [1.82, 2.24) is 0 Å². The minimum absolute atomic E-state index is 0.519. The van der Waals surface area contributed by atoms with E-state index in [1.165, 1.54) is 88.5 Å². The van der Waals surface area contributed by atoms with Crippen molar-refractivity contribution >= 4 is 21.5 Å². The normalized spacial score (nSPS) is 14.5. The molecule has 0 amide bonds. The monoisotopic (exact) mass is 748 g/mol. The average Bonchev–Trinajstić information content (AvgIpc) is 3.76. The highest BCUT2D eigenvalue weighted by Crippen LogP contribution is 2.64. The number of fused-ring (bicyclic) bond motifs is 15. The van der Waals surface area contributed by atoms with E-state index in [1.807, 2.05) is 0 Å². The van der Waals surface area contributed by atoms with Crippen molar-refractivity contribution in [1.29, 1.82) is 0 Å². The van der Waals surface area contributed by atoms with Crippen LogP contribution in [0.25, 0.3) is 54.9 Å². The zero-order valence-electron chi connectivity index (χ0n) is 32.2. The van der Waals surface area contributed by atoms with Gasteiger partial charge in [-0.15, -0.1) is 0 Å². The van der Waals surface area contributed by atoms with Gasteiger partial charge in [-0.1, -0.05) is 188 Å². The lowest BCUT2D eigenvalue weighted by Gasteiger charge is -2.40. The molecule has 0 N–H and O–H groups in total. The molecule has 0 unspecified atom stereocenters. The van der Waals surface area contributed by atoms with Crippen molar-refractivity contribution in [3.8, 4) is 44.9 Å². The Morgan fingerprint density at radius 1 is 0.288 bits per heavy atom. The zero-order valence-corrected chi connectivity index (χ0v) is 32.2. The molecule has 0 fully saturated rings. The second-order valence-corrected chi connectivity index (χ2v) is 16.3. The summed E-state index contributed by atoms with van der Waals surface area (Å²) < 4.78 is 7.10. The van der Waals surface area contributed by atoms with Crippen molar-refractivity contribution in [2.45, 2.75) is 10.8 Å². The van der Waals surface area contributed by atoms with Crippen LogP contribution in [0.15, 0.2) is 218 Å². The van der Waals surface area contributed by atoms with Gasteiger partial charge in [-0.3, -0.25) is 0 Å². The Kier molecular flexibility index (Phi) is 6.64. The predicted octanol–water partition coefficient (Wildman–Crippen LogP) is 14.5. The molecule has 1 heteroatoms. The smallest absolute Gasteiger partial charge is 0.140 e. The number of hydrogen-bond donors (Lipinski definition) is 0. The van der Waals surface area contributed by atoms with Gasteiger partial charge in [0.2, 0.25) is 0 Å². The maximum absolute atomic E-state index is 7.10. The summed E-state index contributed by atoms with van der Waals surface area (Å²) in [6.07, 6.45) is 0. The summed E-state index contributed by atoms with van der Waals surface area (Å²) in [7, 11) is 0. The average molecular weight is 749 g/mol. The molecule has 1 spiro atoms. The number of ether oxygens (including phenoxy) is 1. The van der Waals surface area contributed by atoms with Gasteiger partial charge in [-0.25, -0.2) is 0 Å². The van der Waals surface area contributed by atoms with E-state index in [0.717, 1.165) is 22.4 Å². The van der Waals surface area contributed by atoms with Gasteiger partial charge in [0, 0.05) is 16.5 Å². The van der Waals surface area contributed by atoms with E-state index in [0.29, 0.717) is 0 Å². The Labute approximate surface area is 343 Å². The first-order chi connectivity index (χ1) is 29.2. The maximum Gasteiger partial charge on any atom is 0.140 e. The first-order valence-corrected chi connectivity index (χ1v) is 20.6. The Morgan fingerprint density at radius 3 is 1.51 bits per heavy atom. The quantitative estimate of drug-likeness (QED) is 0.175. The third-order valence-corrected chi connectivity index (χ3v) is 13.6. The molecule has 0 saturated carbocycles. The molecule has 13 rings (SSSR count). The van der Waals surface area contributed by atoms with E-state index < -0.39 is 10.8 Å². The molecule has 0 aromatic heterocycles. The summed E-state index contributed by atoms with van der Waals surface area (Å²) in [6.45, 7) is 0. The number of hydrogen-bond acceptors (Lipinski definition) is 1. The van der Waals surface area contributed by atoms with E-state index in [-0.39, 0.29) is 0 Å². The lowest BCUT2D eigenvalue weighted by molar-refractivity contribution is 0.442. The van der Waals surface area contributed by atoms with Gasteiger partial charge in [-0.2, -0.15) is 0 Å². The van der Waals surface area contributed by atoms with E-state index in [1.54, 1.807) is 0 Å². The van der Waals surface area contributed by atoms with Crippen molar-refractivity contribution in [3.05, 3.63) is 263 Å². The first-order valence-electron chi connectivity index (χ1n) is 20.6. The zero-order chi connectivity index (χ0) is 38.7. The SMILES string of the molecule is c1ccc(C2(c3ccccc3)c3cc(-c4ccc5c(c4)C4(c6ccccc6-c6ccccc64)c4ccc6ccccc6c4O5)ccc3-c3cc4ccccc4cc32)cc1. The summed E-state index contributed by atoms with van der Waals surface area (Å²) in [5.74, 6) is 1.83. The molecule has 1 aliphatic heterocycles. The second kappa shape index (κ2) is 12.0. The van der Waals surface area contributed by atoms with Gasteiger partial charge < -0.3 is 4.74 Å². The molecule has 2 aliphatic carbocycles. The topological polar surface area (TPSA) is 9.23 Å². The molecular weight excluding hydrogens is 713 g/mol. The van der Waals surface area contributed by atoms with Crippen LogP contribution in [0.4, 0.5) is 0 Å². The van der Waals surface area contributed by atoms with Crippen LogP contribution in [-0.2, 0) is 10.8 Å². The van der Waals surface area contributed by atoms with Gasteiger partial charge in [0.1, 0.15) is 11.5 Å². The molecule has 0 radical (unpaired) electrons. The summed E-state index contributed by atoms with van der Waals surface area (Å²) in [5, 5.41) is 4.81. The van der Waals surface area contributed by atoms with Gasteiger partial charge in [-0.05, 0) is 113 Å². The Bertz CT molecular complexity index is 3270. The fourth-order valence-electron chi connectivity index (χ4n) is 11.2. The van der Waals surface area contributed by atoms with Crippen molar-refractivity contribution < 1.29 is 4.74 Å². The first kappa shape index (κ1) is 32.6. The minimum atomic E-state index is -0.568. The summed E-state index contributed by atoms with van der Waals surface area (Å²) >= 11 is 0. The lowest BCUT2D eigenvalue weighted by Crippen LogP contribution is -2.32. The summed E-state index contributed by atoms with van der Waals surface area (Å²) in [6, 6.07) is 81.1. The Balaban J connectivity index is 1.09. The molecule has 274 valence electrons. The van der Waals surface area contributed by atoms with Crippen LogP contribution in [-0.4, -0.2) is 0 Å². The largest absolute Gasteiger partial charge is 0.456 e. The van der Waals surface area contributed by atoms with E-state index in [9.17, 15) is 0 Å². The van der Waals surface area contributed by atoms with Crippen molar-refractivity contribution in [2.24, 2.45) is 0 Å². The van der Waals surface area contributed by atoms with Gasteiger partial charge in [0.05, 0.1) is 10.8 Å². The van der Waals surface area contributed by atoms with Crippen LogP contribution in [0.2, 0.25) is 0 Å². The molecule has 10 aromatic rings. The minimum Gasteiger partial charge on any atom is -0.456 e. The van der Waals surface area contributed by atoms with Crippen molar-refractivity contribution in [2.75, 3.05) is 0 Å². The van der Waals surface area contributed by atoms with Crippen molar-refractivity contribution in [3.63, 3.8) is 0 Å². The third-order valence-electron chi connectivity index (χ3n) is 13.6. The van der Waals surface area contributed by atoms with Crippen LogP contribution in [0.3, 0.4) is 0 Å². The lowest BCUT2D eigenvalue weighted by atomic mass is 9.65. The summed E-state index contributed by atoms with van der Waals surface area (Å²) in [4.78, 5) is 0. The van der Waals surface area contributed by atoms with E-state index in [2.05, 4.69) is 218 Å². The molecule has 10 aromatic carbocycles. The fraction of sp³-hybridized carbons (Fsp3) is 0.0345. The molecule has 0 atom stereocenters. The van der Waals surface area contributed by atoms with Crippen LogP contribution >= 0.6 is 0 Å². The Morgan fingerprint density at radius 2 is 0.814 bits per heavy atom. The standard InChI is InChI=1S/C58H36O/c1-3-18-42(19-4-1)57(43-20-5-2-6-21-43)52-35-40(27-30-47(52)48-33-38-16-7-8-17-39(38)34-53(48)57)41-29-32-55-54(36-41)58(51-31-28-37-15-9-10-22-44(37)56(51)59-55)49-25-13-11-23-45(49)46-24-12-14-26-50(46)58/h1-36H. The molecule has 1 nitrogen and oxygen atoms in total. The predicted molar refractivity (Wildman–Crippen MR) is 242 cm³/mol.